The lowest BCUT2D eigenvalue weighted by molar-refractivity contribution is -0.0197. The maximum atomic E-state index is 12.7. The topological polar surface area (TPSA) is 41.9 Å². The first-order chi connectivity index (χ1) is 16.2. The third-order valence-corrected chi connectivity index (χ3v) is 7.27. The van der Waals surface area contributed by atoms with E-state index in [1.165, 1.54) is 30.4 Å². The van der Waals surface area contributed by atoms with Gasteiger partial charge in [-0.3, -0.25) is 4.90 Å². The number of likely N-dealkylation sites (tertiary alicyclic amines) is 1. The first-order valence-electron chi connectivity index (χ1n) is 13.2. The third-order valence-electron chi connectivity index (χ3n) is 7.27. The molecule has 0 radical (unpaired) electrons. The molecular weight excluding hydrogens is 422 g/mol. The van der Waals surface area contributed by atoms with Gasteiger partial charge in [-0.2, -0.15) is 0 Å². The van der Waals surface area contributed by atoms with Crippen molar-refractivity contribution in [2.45, 2.75) is 91.2 Å². The minimum atomic E-state index is -1.15. The van der Waals surface area contributed by atoms with Crippen molar-refractivity contribution in [3.63, 3.8) is 0 Å². The molecule has 1 saturated heterocycles. The Morgan fingerprint density at radius 1 is 0.794 bits per heavy atom. The fourth-order valence-electron chi connectivity index (χ4n) is 5.25. The molecule has 1 aliphatic rings. The highest BCUT2D eigenvalue weighted by Gasteiger charge is 2.42. The lowest BCUT2D eigenvalue weighted by atomic mass is 9.77. The molecule has 2 aromatic carbocycles. The monoisotopic (exact) mass is 467 g/mol. The Morgan fingerprint density at radius 3 is 1.79 bits per heavy atom. The maximum absolute atomic E-state index is 12.7. The van der Waals surface area contributed by atoms with Gasteiger partial charge in [-0.25, -0.2) is 0 Å². The van der Waals surface area contributed by atoms with E-state index in [0.717, 1.165) is 35.7 Å². The van der Waals surface area contributed by atoms with Crippen LogP contribution in [0.2, 0.25) is 0 Å². The van der Waals surface area contributed by atoms with Crippen LogP contribution in [-0.4, -0.2) is 42.4 Å². The number of aliphatic hydroxyl groups is 1. The average Bonchev–Trinajstić information content (AvgIpc) is 2.84. The molecule has 1 aliphatic heterocycles. The molecule has 2 unspecified atom stereocenters. The van der Waals surface area contributed by atoms with Crippen LogP contribution in [-0.2, 0) is 5.60 Å². The molecule has 1 fully saturated rings. The molecule has 0 amide bonds. The largest absolute Gasteiger partial charge is 0.494 e. The molecule has 4 nitrogen and oxygen atoms in total. The Hall–Kier alpha value is -2.04. The normalized spacial score (nSPS) is 17.6. The molecule has 2 aromatic rings. The van der Waals surface area contributed by atoms with Crippen molar-refractivity contribution in [3.8, 4) is 11.5 Å². The summed E-state index contributed by atoms with van der Waals surface area (Å²) in [5.41, 5.74) is 3.03. The zero-order valence-corrected chi connectivity index (χ0v) is 22.4. The van der Waals surface area contributed by atoms with Gasteiger partial charge >= 0.3 is 0 Å². The van der Waals surface area contributed by atoms with Crippen molar-refractivity contribution in [1.29, 1.82) is 0 Å². The standard InChI is InChI=1S/C30H45NO3/c1-8-33-26-15-13-24(14-16-26)30(32,23(7)31-17-11-10-12-18-31)25-19-27(21(3)4)29(34-9-2)28(20-25)22(5)6/h13-16,19-23,32H,8-12,17-18H2,1-7H3. The summed E-state index contributed by atoms with van der Waals surface area (Å²) >= 11 is 0. The van der Waals surface area contributed by atoms with E-state index in [4.69, 9.17) is 9.47 Å². The van der Waals surface area contributed by atoms with Crippen LogP contribution in [0.1, 0.15) is 102 Å². The van der Waals surface area contributed by atoms with Gasteiger partial charge in [0.25, 0.3) is 0 Å². The Labute approximate surface area is 207 Å². The van der Waals surface area contributed by atoms with E-state index in [1.54, 1.807) is 0 Å². The van der Waals surface area contributed by atoms with Crippen LogP contribution in [0, 0.1) is 0 Å². The van der Waals surface area contributed by atoms with Gasteiger partial charge in [0.05, 0.1) is 13.2 Å². The first-order valence-corrected chi connectivity index (χ1v) is 13.2. The molecule has 4 heteroatoms. The maximum Gasteiger partial charge on any atom is 0.130 e. The minimum absolute atomic E-state index is 0.0660. The lowest BCUT2D eigenvalue weighted by Gasteiger charge is -2.44. The van der Waals surface area contributed by atoms with Crippen molar-refractivity contribution in [2.75, 3.05) is 26.3 Å². The molecule has 0 spiro atoms. The van der Waals surface area contributed by atoms with E-state index >= 15 is 0 Å². The molecule has 0 bridgehead atoms. The minimum Gasteiger partial charge on any atom is -0.494 e. The van der Waals surface area contributed by atoms with Crippen LogP contribution in [0.25, 0.3) is 0 Å². The molecule has 0 saturated carbocycles. The molecule has 1 N–H and O–H groups in total. The Balaban J connectivity index is 2.22. The summed E-state index contributed by atoms with van der Waals surface area (Å²) in [5.74, 6) is 2.38. The predicted molar refractivity (Wildman–Crippen MR) is 141 cm³/mol. The van der Waals surface area contributed by atoms with Gasteiger partial charge in [-0.05, 0) is 105 Å². The fraction of sp³-hybridized carbons (Fsp3) is 0.600. The van der Waals surface area contributed by atoms with E-state index in [1.807, 2.05) is 38.1 Å². The van der Waals surface area contributed by atoms with Gasteiger partial charge < -0.3 is 14.6 Å². The Kier molecular flexibility index (Phi) is 9.06. The summed E-state index contributed by atoms with van der Waals surface area (Å²) in [4.78, 5) is 2.46. The van der Waals surface area contributed by atoms with Crippen LogP contribution in [0.5, 0.6) is 11.5 Å². The second-order valence-corrected chi connectivity index (χ2v) is 10.2. The van der Waals surface area contributed by atoms with Gasteiger partial charge in [0.15, 0.2) is 0 Å². The lowest BCUT2D eigenvalue weighted by Crippen LogP contribution is -2.51. The Morgan fingerprint density at radius 2 is 1.32 bits per heavy atom. The predicted octanol–water partition coefficient (Wildman–Crippen LogP) is 6.84. The number of benzene rings is 2. The fourth-order valence-corrected chi connectivity index (χ4v) is 5.25. The van der Waals surface area contributed by atoms with Crippen LogP contribution in [0.3, 0.4) is 0 Å². The van der Waals surface area contributed by atoms with Crippen LogP contribution in [0.15, 0.2) is 36.4 Å². The van der Waals surface area contributed by atoms with Crippen molar-refractivity contribution in [2.24, 2.45) is 0 Å². The van der Waals surface area contributed by atoms with Gasteiger partial charge in [0.2, 0.25) is 0 Å². The van der Waals surface area contributed by atoms with Crippen molar-refractivity contribution in [1.82, 2.24) is 4.90 Å². The molecule has 34 heavy (non-hydrogen) atoms. The number of hydrogen-bond acceptors (Lipinski definition) is 4. The zero-order chi connectivity index (χ0) is 24.9. The van der Waals surface area contributed by atoms with Crippen molar-refractivity contribution >= 4 is 0 Å². The number of hydrogen-bond donors (Lipinski definition) is 1. The molecule has 2 atom stereocenters. The van der Waals surface area contributed by atoms with Gasteiger partial charge in [-0.1, -0.05) is 46.2 Å². The Bertz CT molecular complexity index is 886. The van der Waals surface area contributed by atoms with E-state index in [2.05, 4.69) is 51.7 Å². The second kappa shape index (κ2) is 11.6. The van der Waals surface area contributed by atoms with Crippen molar-refractivity contribution in [3.05, 3.63) is 58.7 Å². The van der Waals surface area contributed by atoms with E-state index in [9.17, 15) is 5.11 Å². The van der Waals surface area contributed by atoms with Crippen LogP contribution < -0.4 is 9.47 Å². The van der Waals surface area contributed by atoms with Crippen LogP contribution >= 0.6 is 0 Å². The smallest absolute Gasteiger partial charge is 0.130 e. The van der Waals surface area contributed by atoms with E-state index in [0.29, 0.717) is 13.2 Å². The highest BCUT2D eigenvalue weighted by Crippen LogP contribution is 2.43. The summed E-state index contributed by atoms with van der Waals surface area (Å²) in [5, 5.41) is 12.7. The zero-order valence-electron chi connectivity index (χ0n) is 22.4. The van der Waals surface area contributed by atoms with Gasteiger partial charge in [-0.15, -0.1) is 0 Å². The third kappa shape index (κ3) is 5.44. The SMILES string of the molecule is CCOc1ccc(C(O)(c2cc(C(C)C)c(OCC)c(C(C)C)c2)C(C)N2CCCCC2)cc1. The van der Waals surface area contributed by atoms with Gasteiger partial charge in [0, 0.05) is 6.04 Å². The van der Waals surface area contributed by atoms with Gasteiger partial charge in [0.1, 0.15) is 17.1 Å². The highest BCUT2D eigenvalue weighted by molar-refractivity contribution is 5.52. The molecule has 3 rings (SSSR count). The summed E-state index contributed by atoms with van der Waals surface area (Å²) in [6.07, 6.45) is 3.63. The summed E-state index contributed by atoms with van der Waals surface area (Å²) in [7, 11) is 0. The number of rotatable bonds is 10. The molecular formula is C30H45NO3. The highest BCUT2D eigenvalue weighted by atomic mass is 16.5. The molecule has 0 aliphatic carbocycles. The summed E-state index contributed by atoms with van der Waals surface area (Å²) < 4.78 is 11.9. The number of ether oxygens (including phenoxy) is 2. The second-order valence-electron chi connectivity index (χ2n) is 10.2. The molecule has 0 aromatic heterocycles. The summed E-state index contributed by atoms with van der Waals surface area (Å²) in [6, 6.07) is 12.3. The van der Waals surface area contributed by atoms with E-state index in [-0.39, 0.29) is 17.9 Å². The first kappa shape index (κ1) is 26.6. The molecule has 188 valence electrons. The molecule has 1 heterocycles. The number of nitrogens with zero attached hydrogens (tertiary/aromatic N) is 1. The van der Waals surface area contributed by atoms with Crippen LogP contribution in [0.4, 0.5) is 0 Å². The number of piperidine rings is 1. The average molecular weight is 468 g/mol. The van der Waals surface area contributed by atoms with E-state index < -0.39 is 5.60 Å². The quantitative estimate of drug-likeness (QED) is 0.415. The van der Waals surface area contributed by atoms with Crippen molar-refractivity contribution < 1.29 is 14.6 Å². The summed E-state index contributed by atoms with van der Waals surface area (Å²) in [6.45, 7) is 18.3.